The molecule has 0 saturated carbocycles. The molecule has 0 saturated heterocycles. The minimum Gasteiger partial charge on any atom is -0.484 e. The number of ether oxygens (including phenoxy) is 1. The summed E-state index contributed by atoms with van der Waals surface area (Å²) in [5.41, 5.74) is 1.11. The molecule has 4 aromatic rings. The van der Waals surface area contributed by atoms with E-state index >= 15 is 0 Å². The van der Waals surface area contributed by atoms with Crippen LogP contribution in [0.15, 0.2) is 72.8 Å². The Kier molecular flexibility index (Phi) is 5.67. The molecule has 6 nitrogen and oxygen atoms in total. The summed E-state index contributed by atoms with van der Waals surface area (Å²) in [7, 11) is 0. The van der Waals surface area contributed by atoms with Crippen molar-refractivity contribution in [2.45, 2.75) is 13.1 Å². The minimum absolute atomic E-state index is 0.0673. The van der Waals surface area contributed by atoms with Gasteiger partial charge in [0.2, 0.25) is 0 Å². The smallest absolute Gasteiger partial charge is 0.258 e. The van der Waals surface area contributed by atoms with Gasteiger partial charge in [-0.1, -0.05) is 60.7 Å². The van der Waals surface area contributed by atoms with Gasteiger partial charge in [-0.25, -0.2) is 0 Å². The monoisotopic (exact) mass is 404 g/mol. The summed E-state index contributed by atoms with van der Waals surface area (Å²) >= 11 is 5.31. The minimum atomic E-state index is -0.224. The van der Waals surface area contributed by atoms with E-state index in [4.69, 9.17) is 17.0 Å². The van der Waals surface area contributed by atoms with Crippen molar-refractivity contribution in [2.75, 3.05) is 6.61 Å². The van der Waals surface area contributed by atoms with E-state index in [0.29, 0.717) is 22.9 Å². The maximum Gasteiger partial charge on any atom is 0.258 e. The highest BCUT2D eigenvalue weighted by Crippen LogP contribution is 2.20. The van der Waals surface area contributed by atoms with E-state index in [1.54, 1.807) is 0 Å². The number of hydrogen-bond acceptors (Lipinski definition) is 4. The number of nitrogens with zero attached hydrogens (tertiary/aromatic N) is 2. The Balaban J connectivity index is 1.34. The predicted octanol–water partition coefficient (Wildman–Crippen LogP) is 3.84. The molecule has 146 valence electrons. The van der Waals surface area contributed by atoms with E-state index in [1.807, 2.05) is 77.4 Å². The highest BCUT2D eigenvalue weighted by atomic mass is 32.1. The lowest BCUT2D eigenvalue weighted by atomic mass is 10.1. The van der Waals surface area contributed by atoms with Gasteiger partial charge in [-0.15, -0.1) is 0 Å². The fourth-order valence-electron chi connectivity index (χ4n) is 3.05. The zero-order chi connectivity index (χ0) is 20.1. The molecule has 1 aromatic heterocycles. The lowest BCUT2D eigenvalue weighted by molar-refractivity contribution is -0.123. The van der Waals surface area contributed by atoms with Gasteiger partial charge in [0.15, 0.2) is 17.2 Å². The van der Waals surface area contributed by atoms with E-state index in [0.717, 1.165) is 16.3 Å². The molecule has 29 heavy (non-hydrogen) atoms. The standard InChI is InChI=1S/C22H20N4O2S/c27-21(15-28-19-11-10-17-8-4-5-9-18(17)12-19)23-13-20-24-25-22(29)26(20)14-16-6-2-1-3-7-16/h1-12H,13-15H2,(H,23,27)(H,25,29). The van der Waals surface area contributed by atoms with Crippen LogP contribution in [0.25, 0.3) is 10.8 Å². The third kappa shape index (κ3) is 4.70. The van der Waals surface area contributed by atoms with E-state index in [1.165, 1.54) is 0 Å². The van der Waals surface area contributed by atoms with Gasteiger partial charge in [0.1, 0.15) is 5.75 Å². The van der Waals surface area contributed by atoms with Crippen LogP contribution in [0.3, 0.4) is 0 Å². The molecule has 0 atom stereocenters. The lowest BCUT2D eigenvalue weighted by Gasteiger charge is -2.10. The first-order valence-electron chi connectivity index (χ1n) is 9.25. The second kappa shape index (κ2) is 8.70. The van der Waals surface area contributed by atoms with Crippen molar-refractivity contribution in [2.24, 2.45) is 0 Å². The maximum absolute atomic E-state index is 12.2. The molecule has 0 unspecified atom stereocenters. The molecular weight excluding hydrogens is 384 g/mol. The summed E-state index contributed by atoms with van der Waals surface area (Å²) in [4.78, 5) is 12.2. The number of rotatable bonds is 7. The third-order valence-electron chi connectivity index (χ3n) is 4.56. The Morgan fingerprint density at radius 2 is 1.79 bits per heavy atom. The first kappa shape index (κ1) is 18.9. The maximum atomic E-state index is 12.2. The number of amides is 1. The highest BCUT2D eigenvalue weighted by molar-refractivity contribution is 7.71. The van der Waals surface area contributed by atoms with Gasteiger partial charge in [0.05, 0.1) is 13.1 Å². The highest BCUT2D eigenvalue weighted by Gasteiger charge is 2.09. The van der Waals surface area contributed by atoms with Crippen molar-refractivity contribution in [3.05, 3.63) is 89.0 Å². The number of fused-ring (bicyclic) bond motifs is 1. The largest absolute Gasteiger partial charge is 0.484 e. The van der Waals surface area contributed by atoms with E-state index in [9.17, 15) is 4.79 Å². The van der Waals surface area contributed by atoms with Gasteiger partial charge in [0, 0.05) is 0 Å². The fraction of sp³-hybridized carbons (Fsp3) is 0.136. The molecule has 0 spiro atoms. The van der Waals surface area contributed by atoms with Crippen molar-refractivity contribution < 1.29 is 9.53 Å². The summed E-state index contributed by atoms with van der Waals surface area (Å²) in [6, 6.07) is 23.7. The number of H-pyrrole nitrogens is 1. The van der Waals surface area contributed by atoms with Gasteiger partial charge < -0.3 is 10.1 Å². The molecule has 0 fully saturated rings. The first-order valence-corrected chi connectivity index (χ1v) is 9.66. The summed E-state index contributed by atoms with van der Waals surface area (Å²) in [6.07, 6.45) is 0. The summed E-state index contributed by atoms with van der Waals surface area (Å²) < 4.78 is 8.02. The van der Waals surface area contributed by atoms with E-state index < -0.39 is 0 Å². The number of carbonyl (C=O) groups excluding carboxylic acids is 1. The second-order valence-corrected chi connectivity index (χ2v) is 6.98. The molecule has 2 N–H and O–H groups in total. The van der Waals surface area contributed by atoms with Crippen molar-refractivity contribution >= 4 is 28.9 Å². The molecular formula is C22H20N4O2S. The molecule has 4 rings (SSSR count). The average molecular weight is 404 g/mol. The Labute approximate surface area is 173 Å². The zero-order valence-electron chi connectivity index (χ0n) is 15.7. The Hall–Kier alpha value is -3.45. The van der Waals surface area contributed by atoms with Crippen LogP contribution >= 0.6 is 12.2 Å². The first-order chi connectivity index (χ1) is 14.2. The Morgan fingerprint density at radius 1 is 1.03 bits per heavy atom. The number of carbonyl (C=O) groups is 1. The van der Waals surface area contributed by atoms with Gasteiger partial charge in [0.25, 0.3) is 5.91 Å². The quantitative estimate of drug-likeness (QED) is 0.459. The Morgan fingerprint density at radius 3 is 2.62 bits per heavy atom. The van der Waals surface area contributed by atoms with Crippen LogP contribution < -0.4 is 10.1 Å². The van der Waals surface area contributed by atoms with Crippen LogP contribution in [0.4, 0.5) is 0 Å². The number of aromatic amines is 1. The molecule has 0 aliphatic carbocycles. The molecule has 1 amide bonds. The molecule has 1 heterocycles. The summed E-state index contributed by atoms with van der Waals surface area (Å²) in [6.45, 7) is 0.789. The molecule has 0 radical (unpaired) electrons. The predicted molar refractivity (Wildman–Crippen MR) is 114 cm³/mol. The van der Waals surface area contributed by atoms with Crippen LogP contribution in [0.2, 0.25) is 0 Å². The lowest BCUT2D eigenvalue weighted by Crippen LogP contribution is -2.29. The van der Waals surface area contributed by atoms with Crippen LogP contribution in [0, 0.1) is 4.77 Å². The van der Waals surface area contributed by atoms with Crippen molar-refractivity contribution in [1.29, 1.82) is 0 Å². The van der Waals surface area contributed by atoms with E-state index in [-0.39, 0.29) is 19.1 Å². The zero-order valence-corrected chi connectivity index (χ0v) is 16.5. The molecule has 0 bridgehead atoms. The van der Waals surface area contributed by atoms with Gasteiger partial charge in [-0.3, -0.25) is 14.5 Å². The Bertz CT molecular complexity index is 1180. The third-order valence-corrected chi connectivity index (χ3v) is 4.87. The van der Waals surface area contributed by atoms with Gasteiger partial charge >= 0.3 is 0 Å². The van der Waals surface area contributed by atoms with Crippen molar-refractivity contribution in [3.63, 3.8) is 0 Å². The van der Waals surface area contributed by atoms with Crippen LogP contribution in [-0.2, 0) is 17.9 Å². The van der Waals surface area contributed by atoms with Gasteiger partial charge in [-0.2, -0.15) is 5.10 Å². The van der Waals surface area contributed by atoms with Crippen molar-refractivity contribution in [1.82, 2.24) is 20.1 Å². The van der Waals surface area contributed by atoms with E-state index in [2.05, 4.69) is 15.5 Å². The number of aromatic nitrogens is 3. The SMILES string of the molecule is O=C(COc1ccc2ccccc2c1)NCc1n[nH]c(=S)n1Cc1ccccc1. The van der Waals surface area contributed by atoms with Crippen LogP contribution in [0.5, 0.6) is 5.75 Å². The van der Waals surface area contributed by atoms with Crippen LogP contribution in [-0.4, -0.2) is 27.3 Å². The second-order valence-electron chi connectivity index (χ2n) is 6.59. The number of nitrogens with one attached hydrogen (secondary N) is 2. The topological polar surface area (TPSA) is 71.9 Å². The number of hydrogen-bond donors (Lipinski definition) is 2. The van der Waals surface area contributed by atoms with Crippen molar-refractivity contribution in [3.8, 4) is 5.75 Å². The molecule has 7 heteroatoms. The summed E-state index contributed by atoms with van der Waals surface area (Å²) in [5, 5.41) is 12.0. The summed E-state index contributed by atoms with van der Waals surface area (Å²) in [5.74, 6) is 1.10. The van der Waals surface area contributed by atoms with Gasteiger partial charge in [-0.05, 0) is 40.7 Å². The normalized spacial score (nSPS) is 10.8. The molecule has 0 aliphatic rings. The number of benzene rings is 3. The van der Waals surface area contributed by atoms with Crippen LogP contribution in [0.1, 0.15) is 11.4 Å². The molecule has 3 aromatic carbocycles. The molecule has 0 aliphatic heterocycles. The average Bonchev–Trinajstić information content (AvgIpc) is 3.10. The fourth-order valence-corrected chi connectivity index (χ4v) is 3.26.